The van der Waals surface area contributed by atoms with Gasteiger partial charge in [-0.05, 0) is 12.5 Å². The molecule has 1 heterocycles. The lowest BCUT2D eigenvalue weighted by atomic mass is 10.2. The van der Waals surface area contributed by atoms with E-state index in [4.69, 9.17) is 19.4 Å². The molecular weight excluding hydrogens is 226 g/mol. The lowest BCUT2D eigenvalue weighted by Crippen LogP contribution is -2.33. The molecule has 6 heteroatoms. The maximum absolute atomic E-state index is 10.8. The second kappa shape index (κ2) is 7.05. The summed E-state index contributed by atoms with van der Waals surface area (Å²) in [7, 11) is 1.57. The van der Waals surface area contributed by atoms with E-state index >= 15 is 0 Å². The maximum Gasteiger partial charge on any atom is 0.339 e. The second-order valence-electron chi connectivity index (χ2n) is 3.61. The minimum atomic E-state index is -1.01. The summed E-state index contributed by atoms with van der Waals surface area (Å²) in [5, 5.41) is 20.8. The van der Waals surface area contributed by atoms with Gasteiger partial charge >= 0.3 is 5.97 Å². The summed E-state index contributed by atoms with van der Waals surface area (Å²) >= 11 is 0. The maximum atomic E-state index is 10.8. The molecule has 0 saturated carbocycles. The number of aliphatic hydroxyl groups excluding tert-OH is 1. The number of aliphatic hydroxyl groups is 1. The van der Waals surface area contributed by atoms with Crippen LogP contribution in [0.4, 0.5) is 0 Å². The molecule has 0 bridgehead atoms. The van der Waals surface area contributed by atoms with Crippen molar-refractivity contribution in [1.82, 2.24) is 5.32 Å². The molecule has 0 aliphatic rings. The third-order valence-electron chi connectivity index (χ3n) is 2.37. The number of carbonyl (C=O) groups is 1. The molecule has 1 atom stereocenters. The van der Waals surface area contributed by atoms with Gasteiger partial charge in [0.15, 0.2) is 0 Å². The Kier molecular flexibility index (Phi) is 5.68. The average molecular weight is 243 g/mol. The van der Waals surface area contributed by atoms with Crippen molar-refractivity contribution in [3.8, 4) is 0 Å². The fourth-order valence-corrected chi connectivity index (χ4v) is 1.51. The van der Waals surface area contributed by atoms with Crippen molar-refractivity contribution >= 4 is 5.97 Å². The Labute approximate surface area is 99.2 Å². The Hall–Kier alpha value is -1.37. The first-order chi connectivity index (χ1) is 8.19. The van der Waals surface area contributed by atoms with Crippen LogP contribution in [0.25, 0.3) is 0 Å². The summed E-state index contributed by atoms with van der Waals surface area (Å²) in [6.45, 7) is 0.789. The van der Waals surface area contributed by atoms with Crippen molar-refractivity contribution in [2.75, 3.05) is 20.3 Å². The fourth-order valence-electron chi connectivity index (χ4n) is 1.51. The zero-order chi connectivity index (χ0) is 12.7. The van der Waals surface area contributed by atoms with Gasteiger partial charge < -0.3 is 24.7 Å². The molecule has 96 valence electrons. The highest BCUT2D eigenvalue weighted by atomic mass is 16.5. The monoisotopic (exact) mass is 243 g/mol. The van der Waals surface area contributed by atoms with Crippen molar-refractivity contribution in [2.45, 2.75) is 19.0 Å². The Balaban J connectivity index is 2.52. The van der Waals surface area contributed by atoms with Gasteiger partial charge in [0, 0.05) is 19.8 Å². The van der Waals surface area contributed by atoms with Crippen LogP contribution in [-0.2, 0) is 11.3 Å². The van der Waals surface area contributed by atoms with Crippen LogP contribution in [0.2, 0.25) is 0 Å². The molecule has 3 N–H and O–H groups in total. The van der Waals surface area contributed by atoms with E-state index in [1.165, 1.54) is 12.3 Å². The molecule has 0 fully saturated rings. The molecular formula is C11H17NO5. The molecule has 0 aromatic carbocycles. The molecule has 1 rings (SSSR count). The Morgan fingerprint density at radius 3 is 3.00 bits per heavy atom. The lowest BCUT2D eigenvalue weighted by molar-refractivity contribution is 0.0693. The zero-order valence-corrected chi connectivity index (χ0v) is 9.68. The number of carboxylic acids is 1. The van der Waals surface area contributed by atoms with Gasteiger partial charge in [-0.2, -0.15) is 0 Å². The van der Waals surface area contributed by atoms with Crippen LogP contribution in [0.15, 0.2) is 16.7 Å². The molecule has 0 amide bonds. The molecule has 6 nitrogen and oxygen atoms in total. The highest BCUT2D eigenvalue weighted by Gasteiger charge is 2.15. The van der Waals surface area contributed by atoms with Crippen molar-refractivity contribution in [2.24, 2.45) is 0 Å². The first-order valence-electron chi connectivity index (χ1n) is 5.31. The van der Waals surface area contributed by atoms with Crippen LogP contribution in [0.1, 0.15) is 22.5 Å². The molecule has 1 aromatic rings. The predicted octanol–water partition coefficient (Wildman–Crippen LogP) is 0.465. The number of ether oxygens (including phenoxy) is 1. The van der Waals surface area contributed by atoms with Gasteiger partial charge in [-0.1, -0.05) is 0 Å². The highest BCUT2D eigenvalue weighted by molar-refractivity contribution is 5.88. The van der Waals surface area contributed by atoms with Crippen LogP contribution < -0.4 is 5.32 Å². The molecule has 0 radical (unpaired) electrons. The van der Waals surface area contributed by atoms with Gasteiger partial charge in [-0.3, -0.25) is 0 Å². The third-order valence-corrected chi connectivity index (χ3v) is 2.37. The second-order valence-corrected chi connectivity index (χ2v) is 3.61. The fraction of sp³-hybridized carbons (Fsp3) is 0.545. The van der Waals surface area contributed by atoms with Crippen LogP contribution in [-0.4, -0.2) is 42.5 Å². The van der Waals surface area contributed by atoms with Gasteiger partial charge in [0.1, 0.15) is 11.3 Å². The van der Waals surface area contributed by atoms with Crippen molar-refractivity contribution in [3.63, 3.8) is 0 Å². The predicted molar refractivity (Wildman–Crippen MR) is 59.9 cm³/mol. The normalized spacial score (nSPS) is 12.6. The largest absolute Gasteiger partial charge is 0.478 e. The minimum absolute atomic E-state index is 0.0308. The number of hydrogen-bond donors (Lipinski definition) is 3. The Morgan fingerprint density at radius 1 is 1.65 bits per heavy atom. The standard InChI is InChI=1S/C11H17NO5/c1-16-7-8(2-4-13)12-6-10-9(11(14)15)3-5-17-10/h3,5,8,12-13H,2,4,6-7H2,1H3,(H,14,15). The molecule has 1 aromatic heterocycles. The number of furan rings is 1. The summed E-state index contributed by atoms with van der Waals surface area (Å²) in [4.78, 5) is 10.8. The Morgan fingerprint density at radius 2 is 2.41 bits per heavy atom. The van der Waals surface area contributed by atoms with Crippen LogP contribution in [0.5, 0.6) is 0 Å². The zero-order valence-electron chi connectivity index (χ0n) is 9.68. The van der Waals surface area contributed by atoms with E-state index in [1.807, 2.05) is 0 Å². The summed E-state index contributed by atoms with van der Waals surface area (Å²) in [5.41, 5.74) is 0.151. The molecule has 0 aliphatic heterocycles. The SMILES string of the molecule is COCC(CCO)NCc1occc1C(=O)O. The lowest BCUT2D eigenvalue weighted by Gasteiger charge is -2.16. The quantitative estimate of drug-likeness (QED) is 0.614. The number of nitrogens with one attached hydrogen (secondary N) is 1. The van der Waals surface area contributed by atoms with E-state index in [9.17, 15) is 4.79 Å². The first kappa shape index (κ1) is 13.7. The topological polar surface area (TPSA) is 91.9 Å². The van der Waals surface area contributed by atoms with E-state index in [0.717, 1.165) is 0 Å². The van der Waals surface area contributed by atoms with Crippen LogP contribution in [0, 0.1) is 0 Å². The number of carboxylic acid groups (broad SMARTS) is 1. The molecule has 17 heavy (non-hydrogen) atoms. The molecule has 1 unspecified atom stereocenters. The number of rotatable bonds is 8. The third kappa shape index (κ3) is 4.18. The molecule has 0 spiro atoms. The highest BCUT2D eigenvalue weighted by Crippen LogP contribution is 2.10. The molecule has 0 saturated heterocycles. The average Bonchev–Trinajstić information content (AvgIpc) is 2.74. The van der Waals surface area contributed by atoms with Crippen LogP contribution >= 0.6 is 0 Å². The number of aromatic carboxylic acids is 1. The van der Waals surface area contributed by atoms with Gasteiger partial charge in [0.05, 0.1) is 19.4 Å². The van der Waals surface area contributed by atoms with E-state index in [2.05, 4.69) is 5.32 Å². The van der Waals surface area contributed by atoms with Crippen molar-refractivity contribution in [1.29, 1.82) is 0 Å². The summed E-state index contributed by atoms with van der Waals surface area (Å²) in [5.74, 6) is -0.641. The minimum Gasteiger partial charge on any atom is -0.478 e. The van der Waals surface area contributed by atoms with Crippen molar-refractivity contribution in [3.05, 3.63) is 23.7 Å². The van der Waals surface area contributed by atoms with Gasteiger partial charge in [-0.15, -0.1) is 0 Å². The Bertz CT molecular complexity index is 343. The summed E-state index contributed by atoms with van der Waals surface area (Å²) in [6, 6.07) is 1.38. The summed E-state index contributed by atoms with van der Waals surface area (Å²) < 4.78 is 10.1. The summed E-state index contributed by atoms with van der Waals surface area (Å²) in [6.07, 6.45) is 1.88. The van der Waals surface area contributed by atoms with Gasteiger partial charge in [0.25, 0.3) is 0 Å². The van der Waals surface area contributed by atoms with E-state index in [-0.39, 0.29) is 18.2 Å². The molecule has 0 aliphatic carbocycles. The van der Waals surface area contributed by atoms with Crippen LogP contribution in [0.3, 0.4) is 0 Å². The van der Waals surface area contributed by atoms with Crippen molar-refractivity contribution < 1.29 is 24.2 Å². The van der Waals surface area contributed by atoms with E-state index in [1.54, 1.807) is 7.11 Å². The number of hydrogen-bond acceptors (Lipinski definition) is 5. The van der Waals surface area contributed by atoms with Gasteiger partial charge in [0.2, 0.25) is 0 Å². The van der Waals surface area contributed by atoms with E-state index < -0.39 is 5.97 Å². The first-order valence-corrected chi connectivity index (χ1v) is 5.31. The van der Waals surface area contributed by atoms with E-state index in [0.29, 0.717) is 25.3 Å². The number of methoxy groups -OCH3 is 1. The smallest absolute Gasteiger partial charge is 0.339 e. The van der Waals surface area contributed by atoms with Gasteiger partial charge in [-0.25, -0.2) is 4.79 Å².